The van der Waals surface area contributed by atoms with Gasteiger partial charge in [0.1, 0.15) is 0 Å². The van der Waals surface area contributed by atoms with E-state index in [2.05, 4.69) is 5.18 Å². The Kier molecular flexibility index (Phi) is 10.7. The summed E-state index contributed by atoms with van der Waals surface area (Å²) >= 11 is 0.805. The molecule has 0 bridgehead atoms. The van der Waals surface area contributed by atoms with Crippen LogP contribution < -0.4 is 0 Å². The largest absolute Gasteiger partial charge is 0.481 e. The Morgan fingerprint density at radius 3 is 1.70 bits per heavy atom. The van der Waals surface area contributed by atoms with Gasteiger partial charge < -0.3 is 5.11 Å². The first kappa shape index (κ1) is 28.0. The van der Waals surface area contributed by atoms with Crippen molar-refractivity contribution in [3.8, 4) is 0 Å². The summed E-state index contributed by atoms with van der Waals surface area (Å²) in [6.07, 6.45) is -10.8. The molecule has 0 fully saturated rings. The molecule has 4 unspecified atom stereocenters. The summed E-state index contributed by atoms with van der Waals surface area (Å²) in [4.78, 5) is 55.6. The van der Waals surface area contributed by atoms with E-state index in [4.69, 9.17) is 5.11 Å². The highest BCUT2D eigenvalue weighted by atomic mass is 32.2. The number of thioether (sulfide) groups is 1. The smallest absolute Gasteiger partial charge is 0.450 e. The van der Waals surface area contributed by atoms with Crippen LogP contribution in [-0.2, 0) is 19.2 Å². The number of hydrogen-bond donors (Lipinski definition) is 1. The molecule has 1 amide bonds. The summed E-state index contributed by atoms with van der Waals surface area (Å²) in [5.74, 6) is -14.9. The molecule has 7 nitrogen and oxygen atoms in total. The van der Waals surface area contributed by atoms with Crippen LogP contribution in [0.2, 0.25) is 0 Å². The molecule has 0 saturated carbocycles. The van der Waals surface area contributed by atoms with Crippen LogP contribution in [0.3, 0.4) is 0 Å². The quantitative estimate of drug-likeness (QED) is 0.264. The van der Waals surface area contributed by atoms with Crippen LogP contribution in [0, 0.1) is 28.6 Å². The van der Waals surface area contributed by atoms with E-state index < -0.39 is 65.2 Å². The van der Waals surface area contributed by atoms with Gasteiger partial charge in [-0.15, -0.1) is 4.91 Å². The molecule has 30 heavy (non-hydrogen) atoms. The second kappa shape index (κ2) is 11.4. The topological polar surface area (TPSA) is 118 Å². The molecule has 0 heterocycles. The highest BCUT2D eigenvalue weighted by molar-refractivity contribution is 7.99. The molecule has 4 atom stereocenters. The van der Waals surface area contributed by atoms with E-state index in [1.807, 2.05) is 0 Å². The number of amides is 1. The lowest BCUT2D eigenvalue weighted by atomic mass is 9.86. The molecule has 1 N–H and O–H groups in total. The van der Waals surface area contributed by atoms with Crippen molar-refractivity contribution in [3.05, 3.63) is 4.91 Å². The van der Waals surface area contributed by atoms with Gasteiger partial charge in [-0.25, -0.2) is 0 Å². The van der Waals surface area contributed by atoms with E-state index in [0.29, 0.717) is 0 Å². The fourth-order valence-electron chi connectivity index (χ4n) is 2.58. The molecule has 0 aliphatic heterocycles. The summed E-state index contributed by atoms with van der Waals surface area (Å²) in [6.45, 7) is 1.64. The van der Waals surface area contributed by atoms with Crippen LogP contribution in [0.5, 0.6) is 0 Å². The number of carboxylic acids is 1. The van der Waals surface area contributed by atoms with Gasteiger partial charge in [0, 0.05) is 22.8 Å². The maximum atomic E-state index is 12.5. The Bertz CT molecular complexity index is 666. The van der Waals surface area contributed by atoms with E-state index in [9.17, 15) is 50.4 Å². The van der Waals surface area contributed by atoms with Crippen LogP contribution in [0.25, 0.3) is 0 Å². The zero-order chi connectivity index (χ0) is 23.9. The molecule has 0 saturated heterocycles. The lowest BCUT2D eigenvalue weighted by molar-refractivity contribution is -0.178. The number of nitrogens with zero attached hydrogens (tertiary/aromatic N) is 1. The second-order valence-corrected chi connectivity index (χ2v) is 7.65. The summed E-state index contributed by atoms with van der Waals surface area (Å²) in [5, 5.41) is 11.1. The SMILES string of the molecule is CC(C(=O)C(F)(F)F)C(CSCCCC(C(=O)N=O)C(C)C(=O)C(F)(F)F)C(=O)O. The van der Waals surface area contributed by atoms with Gasteiger partial charge >= 0.3 is 18.3 Å². The molecule has 0 aliphatic rings. The third-order valence-corrected chi connectivity index (χ3v) is 5.59. The molecular formula is C16H19F6NO6S. The van der Waals surface area contributed by atoms with Crippen molar-refractivity contribution in [2.45, 2.75) is 39.0 Å². The Morgan fingerprint density at radius 1 is 0.900 bits per heavy atom. The predicted molar refractivity (Wildman–Crippen MR) is 92.4 cm³/mol. The molecule has 0 aromatic carbocycles. The third kappa shape index (κ3) is 8.40. The van der Waals surface area contributed by atoms with Crippen molar-refractivity contribution in [1.29, 1.82) is 0 Å². The monoisotopic (exact) mass is 467 g/mol. The number of Topliss-reactive ketones (excluding diaryl/α,β-unsaturated/α-hetero) is 2. The number of carbonyl (C=O) groups excluding carboxylic acids is 3. The number of halogens is 6. The number of alkyl halides is 6. The van der Waals surface area contributed by atoms with Crippen molar-refractivity contribution in [2.75, 3.05) is 11.5 Å². The molecule has 0 spiro atoms. The highest BCUT2D eigenvalue weighted by Crippen LogP contribution is 2.30. The van der Waals surface area contributed by atoms with Crippen molar-refractivity contribution < 1.29 is 50.6 Å². The average molecular weight is 467 g/mol. The van der Waals surface area contributed by atoms with E-state index in [-0.39, 0.29) is 18.6 Å². The Hall–Kier alpha value is -1.99. The molecule has 172 valence electrons. The minimum atomic E-state index is -5.22. The van der Waals surface area contributed by atoms with Crippen LogP contribution in [0.1, 0.15) is 26.7 Å². The fourth-order valence-corrected chi connectivity index (χ4v) is 3.80. The van der Waals surface area contributed by atoms with E-state index >= 15 is 0 Å². The van der Waals surface area contributed by atoms with Gasteiger partial charge in [-0.3, -0.25) is 19.2 Å². The van der Waals surface area contributed by atoms with E-state index in [1.165, 1.54) is 0 Å². The minimum absolute atomic E-state index is 0.00766. The zero-order valence-electron chi connectivity index (χ0n) is 15.7. The van der Waals surface area contributed by atoms with Crippen molar-refractivity contribution in [3.63, 3.8) is 0 Å². The van der Waals surface area contributed by atoms with Gasteiger partial charge in [0.2, 0.25) is 11.6 Å². The molecular weight excluding hydrogens is 448 g/mol. The number of nitroso groups, excluding NO2 is 1. The number of aliphatic carboxylic acids is 1. The maximum absolute atomic E-state index is 12.5. The molecule has 0 radical (unpaired) electrons. The number of ketones is 2. The standard InChI is InChI=1S/C16H19F6NO6S/c1-7(11(24)15(17,18)19)9(13(26)23-29)4-3-5-30-6-10(14(27)28)8(2)12(25)16(20,21)22/h7-10H,3-6H2,1-2H3,(H,27,28). The summed E-state index contributed by atoms with van der Waals surface area (Å²) in [5.41, 5.74) is 0. The number of carbonyl (C=O) groups is 4. The number of carboxylic acid groups (broad SMARTS) is 1. The van der Waals surface area contributed by atoms with Crippen LogP contribution in [0.15, 0.2) is 5.18 Å². The summed E-state index contributed by atoms with van der Waals surface area (Å²) in [7, 11) is 0. The maximum Gasteiger partial charge on any atom is 0.450 e. The van der Waals surface area contributed by atoms with Gasteiger partial charge in [-0.05, 0) is 18.6 Å². The normalized spacial score (nSPS) is 16.3. The molecule has 0 aromatic rings. The number of rotatable bonds is 12. The van der Waals surface area contributed by atoms with Crippen molar-refractivity contribution in [2.24, 2.45) is 28.8 Å². The van der Waals surface area contributed by atoms with E-state index in [0.717, 1.165) is 25.6 Å². The molecule has 0 rings (SSSR count). The molecule has 14 heteroatoms. The average Bonchev–Trinajstić information content (AvgIpc) is 2.62. The predicted octanol–water partition coefficient (Wildman–Crippen LogP) is 3.64. The first-order chi connectivity index (χ1) is 13.6. The fraction of sp³-hybridized carbons (Fsp3) is 0.750. The Balaban J connectivity index is 4.89. The van der Waals surface area contributed by atoms with Gasteiger partial charge in [0.05, 0.1) is 11.8 Å². The Labute approximate surface area is 170 Å². The van der Waals surface area contributed by atoms with Gasteiger partial charge in [-0.2, -0.15) is 38.1 Å². The van der Waals surface area contributed by atoms with Gasteiger partial charge in [0.25, 0.3) is 5.91 Å². The summed E-state index contributed by atoms with van der Waals surface area (Å²) in [6, 6.07) is 0. The van der Waals surface area contributed by atoms with Crippen molar-refractivity contribution in [1.82, 2.24) is 0 Å². The Morgan fingerprint density at radius 2 is 1.33 bits per heavy atom. The highest BCUT2D eigenvalue weighted by Gasteiger charge is 2.46. The first-order valence-electron chi connectivity index (χ1n) is 8.45. The lowest BCUT2D eigenvalue weighted by Gasteiger charge is -2.21. The second-order valence-electron chi connectivity index (χ2n) is 6.50. The summed E-state index contributed by atoms with van der Waals surface area (Å²) < 4.78 is 75.0. The van der Waals surface area contributed by atoms with Crippen molar-refractivity contribution >= 4 is 35.2 Å². The van der Waals surface area contributed by atoms with Crippen LogP contribution in [0.4, 0.5) is 26.3 Å². The van der Waals surface area contributed by atoms with E-state index in [1.54, 1.807) is 0 Å². The zero-order valence-corrected chi connectivity index (χ0v) is 16.6. The lowest BCUT2D eigenvalue weighted by Crippen LogP contribution is -2.37. The first-order valence-corrected chi connectivity index (χ1v) is 9.60. The number of hydrogen-bond acceptors (Lipinski definition) is 6. The van der Waals surface area contributed by atoms with Gasteiger partial charge in [-0.1, -0.05) is 13.8 Å². The van der Waals surface area contributed by atoms with Crippen LogP contribution >= 0.6 is 11.8 Å². The molecule has 0 aliphatic carbocycles. The third-order valence-electron chi connectivity index (χ3n) is 4.42. The molecule has 0 aromatic heterocycles. The van der Waals surface area contributed by atoms with Crippen LogP contribution in [-0.4, -0.2) is 52.4 Å². The van der Waals surface area contributed by atoms with Gasteiger partial charge in [0.15, 0.2) is 0 Å². The minimum Gasteiger partial charge on any atom is -0.481 e.